The number of ether oxygens (including phenoxy) is 1. The topological polar surface area (TPSA) is 38.3 Å². The van der Waals surface area contributed by atoms with Gasteiger partial charge in [0.1, 0.15) is 0 Å². The van der Waals surface area contributed by atoms with Gasteiger partial charge in [-0.15, -0.1) is 0 Å². The van der Waals surface area contributed by atoms with Gasteiger partial charge in [0.05, 0.1) is 0 Å². The number of hydrogen-bond donors (Lipinski definition) is 1. The van der Waals surface area contributed by atoms with E-state index in [1.54, 1.807) is 0 Å². The summed E-state index contributed by atoms with van der Waals surface area (Å²) in [5, 5.41) is 2.96. The summed E-state index contributed by atoms with van der Waals surface area (Å²) in [5.41, 5.74) is 2.30. The molecule has 1 atom stereocenters. The molecule has 0 radical (unpaired) electrons. The smallest absolute Gasteiger partial charge is 0.225 e. The molecular weight excluding hydrogens is 214 g/mol. The monoisotopic (exact) mass is 231 g/mol. The van der Waals surface area contributed by atoms with Crippen LogP contribution in [0.2, 0.25) is 0 Å². The predicted octanol–water partition coefficient (Wildman–Crippen LogP) is 2.54. The molecule has 3 rings (SSSR count). The van der Waals surface area contributed by atoms with Crippen LogP contribution in [0.15, 0.2) is 24.3 Å². The Labute approximate surface area is 101 Å². The van der Waals surface area contributed by atoms with E-state index >= 15 is 0 Å². The first-order valence-corrected chi connectivity index (χ1v) is 6.31. The summed E-state index contributed by atoms with van der Waals surface area (Å²) >= 11 is 0. The number of anilines is 1. The Bertz CT molecular complexity index is 424. The summed E-state index contributed by atoms with van der Waals surface area (Å²) in [6.07, 6.45) is 2.78. The van der Waals surface area contributed by atoms with E-state index in [0.29, 0.717) is 18.3 Å². The Kier molecular flexibility index (Phi) is 2.85. The van der Waals surface area contributed by atoms with Gasteiger partial charge in [0.25, 0.3) is 0 Å². The summed E-state index contributed by atoms with van der Waals surface area (Å²) in [6, 6.07) is 8.18. The Balaban J connectivity index is 1.91. The number of para-hydroxylation sites is 1. The van der Waals surface area contributed by atoms with Crippen LogP contribution >= 0.6 is 0 Å². The molecular formula is C14H17NO2. The van der Waals surface area contributed by atoms with Crippen LogP contribution in [0.5, 0.6) is 0 Å². The highest BCUT2D eigenvalue weighted by Crippen LogP contribution is 2.40. The Hall–Kier alpha value is -1.35. The zero-order valence-electron chi connectivity index (χ0n) is 9.82. The molecule has 2 aliphatic heterocycles. The average molecular weight is 231 g/mol. The number of benzene rings is 1. The quantitative estimate of drug-likeness (QED) is 0.806. The molecule has 1 aromatic rings. The van der Waals surface area contributed by atoms with E-state index in [4.69, 9.17) is 4.74 Å². The van der Waals surface area contributed by atoms with Crippen LogP contribution in [0.3, 0.4) is 0 Å². The van der Waals surface area contributed by atoms with Gasteiger partial charge >= 0.3 is 0 Å². The highest BCUT2D eigenvalue weighted by molar-refractivity contribution is 5.94. The SMILES string of the molecule is O=C1C[C@@H](C2CCOCC2)c2ccccc2N1. The van der Waals surface area contributed by atoms with Crippen molar-refractivity contribution in [2.75, 3.05) is 18.5 Å². The van der Waals surface area contributed by atoms with Gasteiger partial charge < -0.3 is 10.1 Å². The summed E-state index contributed by atoms with van der Waals surface area (Å²) < 4.78 is 5.40. The fraction of sp³-hybridized carbons (Fsp3) is 0.500. The molecule has 3 heteroatoms. The van der Waals surface area contributed by atoms with Gasteiger partial charge in [0.15, 0.2) is 0 Å². The minimum atomic E-state index is 0.153. The number of fused-ring (bicyclic) bond motifs is 1. The zero-order valence-corrected chi connectivity index (χ0v) is 9.82. The molecule has 3 nitrogen and oxygen atoms in total. The Morgan fingerprint density at radius 3 is 2.76 bits per heavy atom. The van der Waals surface area contributed by atoms with Gasteiger partial charge in [-0.1, -0.05) is 18.2 Å². The maximum absolute atomic E-state index is 11.7. The maximum atomic E-state index is 11.7. The lowest BCUT2D eigenvalue weighted by Gasteiger charge is -2.34. The molecule has 0 bridgehead atoms. The van der Waals surface area contributed by atoms with Crippen LogP contribution in [-0.4, -0.2) is 19.1 Å². The first-order chi connectivity index (χ1) is 8.34. The molecule has 1 fully saturated rings. The fourth-order valence-corrected chi connectivity index (χ4v) is 2.98. The van der Waals surface area contributed by atoms with Crippen LogP contribution in [0, 0.1) is 5.92 Å². The van der Waals surface area contributed by atoms with Crippen molar-refractivity contribution in [2.24, 2.45) is 5.92 Å². The molecule has 17 heavy (non-hydrogen) atoms. The molecule has 0 aromatic heterocycles. The Morgan fingerprint density at radius 2 is 1.94 bits per heavy atom. The van der Waals surface area contributed by atoms with Crippen molar-refractivity contribution in [3.8, 4) is 0 Å². The van der Waals surface area contributed by atoms with Gasteiger partial charge in [0, 0.05) is 25.3 Å². The van der Waals surface area contributed by atoms with E-state index in [1.807, 2.05) is 12.1 Å². The van der Waals surface area contributed by atoms with Crippen molar-refractivity contribution in [1.29, 1.82) is 0 Å². The second kappa shape index (κ2) is 4.49. The lowest BCUT2D eigenvalue weighted by Crippen LogP contribution is -2.30. The summed E-state index contributed by atoms with van der Waals surface area (Å²) in [6.45, 7) is 1.68. The highest BCUT2D eigenvalue weighted by atomic mass is 16.5. The molecule has 2 aliphatic rings. The number of rotatable bonds is 1. The van der Waals surface area contributed by atoms with Crippen LogP contribution in [0.25, 0.3) is 0 Å². The molecule has 1 N–H and O–H groups in total. The number of amides is 1. The average Bonchev–Trinajstić information content (AvgIpc) is 2.39. The van der Waals surface area contributed by atoms with Crippen LogP contribution in [0.1, 0.15) is 30.7 Å². The van der Waals surface area contributed by atoms with Gasteiger partial charge in [-0.3, -0.25) is 4.79 Å². The Morgan fingerprint density at radius 1 is 1.18 bits per heavy atom. The standard InChI is InChI=1S/C14H17NO2/c16-14-9-12(10-5-7-17-8-6-10)11-3-1-2-4-13(11)15-14/h1-4,10,12H,5-9H2,(H,15,16)/t12-/m0/s1. The second-order valence-corrected chi connectivity index (χ2v) is 4.90. The van der Waals surface area contributed by atoms with E-state index in [0.717, 1.165) is 31.7 Å². The molecule has 1 amide bonds. The summed E-state index contributed by atoms with van der Waals surface area (Å²) in [7, 11) is 0. The van der Waals surface area contributed by atoms with Crippen LogP contribution in [0.4, 0.5) is 5.69 Å². The predicted molar refractivity (Wildman–Crippen MR) is 66.0 cm³/mol. The zero-order chi connectivity index (χ0) is 11.7. The number of carbonyl (C=O) groups excluding carboxylic acids is 1. The third-order valence-corrected chi connectivity index (χ3v) is 3.87. The van der Waals surface area contributed by atoms with Crippen LogP contribution in [-0.2, 0) is 9.53 Å². The minimum absolute atomic E-state index is 0.153. The molecule has 2 heterocycles. The second-order valence-electron chi connectivity index (χ2n) is 4.90. The highest BCUT2D eigenvalue weighted by Gasteiger charge is 2.32. The summed E-state index contributed by atoms with van der Waals surface area (Å²) in [4.78, 5) is 11.7. The first kappa shape index (κ1) is 10.8. The van der Waals surface area contributed by atoms with Crippen LogP contribution < -0.4 is 5.32 Å². The van der Waals surface area contributed by atoms with E-state index in [1.165, 1.54) is 5.56 Å². The van der Waals surface area contributed by atoms with Crippen molar-refractivity contribution in [3.63, 3.8) is 0 Å². The molecule has 0 spiro atoms. The van der Waals surface area contributed by atoms with E-state index in [9.17, 15) is 4.79 Å². The molecule has 1 aromatic carbocycles. The van der Waals surface area contributed by atoms with E-state index in [-0.39, 0.29) is 5.91 Å². The van der Waals surface area contributed by atoms with E-state index in [2.05, 4.69) is 17.4 Å². The first-order valence-electron chi connectivity index (χ1n) is 6.31. The normalized spacial score (nSPS) is 25.2. The van der Waals surface area contributed by atoms with Crippen molar-refractivity contribution in [1.82, 2.24) is 0 Å². The van der Waals surface area contributed by atoms with Gasteiger partial charge in [0.2, 0.25) is 5.91 Å². The molecule has 1 saturated heterocycles. The molecule has 0 aliphatic carbocycles. The minimum Gasteiger partial charge on any atom is -0.381 e. The number of hydrogen-bond acceptors (Lipinski definition) is 2. The lowest BCUT2D eigenvalue weighted by molar-refractivity contribution is -0.117. The maximum Gasteiger partial charge on any atom is 0.225 e. The molecule has 0 unspecified atom stereocenters. The molecule has 90 valence electrons. The molecule has 0 saturated carbocycles. The van der Waals surface area contributed by atoms with Crippen molar-refractivity contribution in [2.45, 2.75) is 25.2 Å². The number of carbonyl (C=O) groups is 1. The van der Waals surface area contributed by atoms with Gasteiger partial charge in [-0.25, -0.2) is 0 Å². The van der Waals surface area contributed by atoms with Gasteiger partial charge in [-0.05, 0) is 36.3 Å². The number of nitrogens with one attached hydrogen (secondary N) is 1. The van der Waals surface area contributed by atoms with E-state index < -0.39 is 0 Å². The lowest BCUT2D eigenvalue weighted by atomic mass is 9.77. The summed E-state index contributed by atoms with van der Waals surface area (Å²) in [5.74, 6) is 1.12. The largest absolute Gasteiger partial charge is 0.381 e. The van der Waals surface area contributed by atoms with Crippen molar-refractivity contribution >= 4 is 11.6 Å². The fourth-order valence-electron chi connectivity index (χ4n) is 2.98. The van der Waals surface area contributed by atoms with Gasteiger partial charge in [-0.2, -0.15) is 0 Å². The van der Waals surface area contributed by atoms with Crippen molar-refractivity contribution in [3.05, 3.63) is 29.8 Å². The third-order valence-electron chi connectivity index (χ3n) is 3.87. The van der Waals surface area contributed by atoms with Crippen molar-refractivity contribution < 1.29 is 9.53 Å². The third kappa shape index (κ3) is 2.07.